The molecule has 0 aliphatic rings. The molecule has 38 heavy (non-hydrogen) atoms. The fourth-order valence-electron chi connectivity index (χ4n) is 4.69. The van der Waals surface area contributed by atoms with Crippen LogP contribution in [0.25, 0.3) is 0 Å². The van der Waals surface area contributed by atoms with E-state index in [2.05, 4.69) is 16.8 Å². The largest absolute Gasteiger partial charge is 1.00 e. The number of nitrogens with zero attached hydrogens (tertiary/aromatic N) is 1. The number of nitrogens with two attached hydrogens (primary N) is 3. The van der Waals surface area contributed by atoms with Gasteiger partial charge in [-0.1, -0.05) is 64.2 Å². The van der Waals surface area contributed by atoms with Crippen molar-refractivity contribution in [2.45, 2.75) is 135 Å². The van der Waals surface area contributed by atoms with E-state index in [1.54, 1.807) is 0 Å². The van der Waals surface area contributed by atoms with Gasteiger partial charge in [0.15, 0.2) is 0 Å². The monoisotopic (exact) mass is 583 g/mol. The molecule has 230 valence electrons. The number of amidine groups is 1. The van der Waals surface area contributed by atoms with Gasteiger partial charge in [-0.15, -0.1) is 0 Å². The van der Waals surface area contributed by atoms with Crippen molar-refractivity contribution in [3.8, 4) is 0 Å². The standard InChI is InChI=1S/C29H61N5O2.2ClH/c1-2-33-29(32)21-15-9-6-12-18-24-34(25-28(36)26-35)23-17-11-5-8-14-20-27(31)19-13-7-3-4-10-16-22-30;;/h28,31,35-36H,2-26,30H2,1H3,(H2,32,33);2*1H. The second-order valence-electron chi connectivity index (χ2n) is 10.5. The third-order valence-electron chi connectivity index (χ3n) is 6.93. The molecule has 0 aromatic heterocycles. The molecule has 0 aromatic rings. The molecule has 7 nitrogen and oxygen atoms in total. The van der Waals surface area contributed by atoms with Crippen LogP contribution in [0.5, 0.6) is 0 Å². The zero-order valence-electron chi connectivity index (χ0n) is 24.6. The number of hydrogen-bond donors (Lipinski definition) is 6. The minimum absolute atomic E-state index is 0. The van der Waals surface area contributed by atoms with E-state index in [0.29, 0.717) is 6.54 Å². The maximum absolute atomic E-state index is 9.92. The highest BCUT2D eigenvalue weighted by Crippen LogP contribution is 2.12. The van der Waals surface area contributed by atoms with Crippen molar-refractivity contribution in [1.82, 2.24) is 4.90 Å². The Morgan fingerprint density at radius 2 is 1.16 bits per heavy atom. The van der Waals surface area contributed by atoms with E-state index in [4.69, 9.17) is 16.9 Å². The molecule has 0 saturated carbocycles. The first-order chi connectivity index (χ1) is 17.5. The fourth-order valence-corrected chi connectivity index (χ4v) is 4.69. The van der Waals surface area contributed by atoms with Crippen LogP contribution in [0.2, 0.25) is 0 Å². The van der Waals surface area contributed by atoms with Gasteiger partial charge in [0.2, 0.25) is 5.84 Å². The predicted octanol–water partition coefficient (Wildman–Crippen LogP) is -4.32. The number of rotatable bonds is 28. The SMILES string of the molecule is CC[NH+]=C(N)CCCCCCCN(CCCCCCCC(=[NH2+])CCCCCCCCN)CC(O)CO.[Cl-].[Cl-]. The summed E-state index contributed by atoms with van der Waals surface area (Å²) in [6.45, 7) is 6.20. The zero-order chi connectivity index (χ0) is 26.7. The van der Waals surface area contributed by atoms with Gasteiger partial charge in [-0.2, -0.15) is 0 Å². The average Bonchev–Trinajstić information content (AvgIpc) is 2.86. The van der Waals surface area contributed by atoms with E-state index < -0.39 is 6.10 Å². The van der Waals surface area contributed by atoms with Crippen LogP contribution in [-0.2, 0) is 0 Å². The van der Waals surface area contributed by atoms with Crippen molar-refractivity contribution in [2.24, 2.45) is 11.5 Å². The molecule has 0 rings (SSSR count). The number of halogens is 2. The molecule has 9 N–H and O–H groups in total. The Balaban J connectivity index is -0.00000612. The molecule has 0 aliphatic carbocycles. The molecule has 0 fully saturated rings. The molecule has 0 spiro atoms. The first-order valence-corrected chi connectivity index (χ1v) is 15.2. The van der Waals surface area contributed by atoms with Crippen LogP contribution in [0.15, 0.2) is 0 Å². The van der Waals surface area contributed by atoms with E-state index in [9.17, 15) is 10.2 Å². The Hall–Kier alpha value is -0.440. The van der Waals surface area contributed by atoms with E-state index in [0.717, 1.165) is 77.0 Å². The molecule has 0 radical (unpaired) electrons. The normalized spacial score (nSPS) is 12.3. The maximum Gasteiger partial charge on any atom is 0.240 e. The van der Waals surface area contributed by atoms with Gasteiger partial charge >= 0.3 is 0 Å². The summed E-state index contributed by atoms with van der Waals surface area (Å²) in [6, 6.07) is 0. The summed E-state index contributed by atoms with van der Waals surface area (Å²) in [5.74, 6) is 0.906. The van der Waals surface area contributed by atoms with Gasteiger partial charge in [-0.3, -0.25) is 16.1 Å². The number of unbranched alkanes of at least 4 members (excludes halogenated alkanes) is 13. The van der Waals surface area contributed by atoms with Gasteiger partial charge < -0.3 is 45.7 Å². The molecule has 0 amide bonds. The lowest BCUT2D eigenvalue weighted by Gasteiger charge is -2.24. The van der Waals surface area contributed by atoms with Gasteiger partial charge in [-0.05, 0) is 65.1 Å². The van der Waals surface area contributed by atoms with Gasteiger partial charge in [0, 0.05) is 25.8 Å². The zero-order valence-corrected chi connectivity index (χ0v) is 26.1. The fraction of sp³-hybridized carbons (Fsp3) is 0.931. The van der Waals surface area contributed by atoms with Gasteiger partial charge in [0.1, 0.15) is 5.71 Å². The molecular weight excluding hydrogens is 521 g/mol. The van der Waals surface area contributed by atoms with Crippen molar-refractivity contribution < 1.29 is 45.4 Å². The lowest BCUT2D eigenvalue weighted by atomic mass is 10.0. The summed E-state index contributed by atoms with van der Waals surface area (Å²) >= 11 is 0. The Kier molecular flexibility index (Phi) is 36.2. The number of hydrogen-bond acceptors (Lipinski definition) is 4. The van der Waals surface area contributed by atoms with Crippen molar-refractivity contribution in [1.29, 1.82) is 0 Å². The summed E-state index contributed by atoms with van der Waals surface area (Å²) < 4.78 is 0. The van der Waals surface area contributed by atoms with Crippen molar-refractivity contribution in [3.63, 3.8) is 0 Å². The molecule has 0 aromatic carbocycles. The molecule has 1 atom stereocenters. The van der Waals surface area contributed by atoms with Crippen molar-refractivity contribution in [3.05, 3.63) is 0 Å². The average molecular weight is 585 g/mol. The lowest BCUT2D eigenvalue weighted by molar-refractivity contribution is -0.454. The first-order valence-electron chi connectivity index (χ1n) is 15.2. The van der Waals surface area contributed by atoms with Crippen LogP contribution in [-0.4, -0.2) is 72.1 Å². The summed E-state index contributed by atoms with van der Waals surface area (Å²) in [5.41, 5.74) is 12.6. The summed E-state index contributed by atoms with van der Waals surface area (Å²) in [6.07, 6.45) is 22.0. The van der Waals surface area contributed by atoms with E-state index in [-0.39, 0.29) is 31.4 Å². The predicted molar refractivity (Wildman–Crippen MR) is 154 cm³/mol. The molecular formula is C29H63Cl2N5O2. The van der Waals surface area contributed by atoms with Crippen LogP contribution in [0.1, 0.15) is 129 Å². The Bertz CT molecular complexity index is 527. The van der Waals surface area contributed by atoms with Crippen LogP contribution in [0.4, 0.5) is 0 Å². The Morgan fingerprint density at radius 3 is 1.61 bits per heavy atom. The van der Waals surface area contributed by atoms with Crippen LogP contribution < -0.4 is 46.7 Å². The minimum atomic E-state index is -0.640. The highest BCUT2D eigenvalue weighted by Gasteiger charge is 2.11. The third-order valence-corrected chi connectivity index (χ3v) is 6.93. The number of nitrogens with one attached hydrogen (secondary N) is 1. The summed E-state index contributed by atoms with van der Waals surface area (Å²) in [7, 11) is 0. The van der Waals surface area contributed by atoms with Crippen LogP contribution in [0, 0.1) is 0 Å². The lowest BCUT2D eigenvalue weighted by Crippen LogP contribution is -3.00. The molecule has 0 saturated heterocycles. The van der Waals surface area contributed by atoms with Crippen molar-refractivity contribution in [2.75, 3.05) is 39.3 Å². The van der Waals surface area contributed by atoms with E-state index >= 15 is 0 Å². The van der Waals surface area contributed by atoms with E-state index in [1.807, 2.05) is 0 Å². The second kappa shape index (κ2) is 32.8. The second-order valence-corrected chi connectivity index (χ2v) is 10.5. The third kappa shape index (κ3) is 30.1. The topological polar surface area (TPSA) is 135 Å². The highest BCUT2D eigenvalue weighted by atomic mass is 35.5. The highest BCUT2D eigenvalue weighted by molar-refractivity contribution is 5.78. The van der Waals surface area contributed by atoms with Crippen molar-refractivity contribution >= 4 is 11.5 Å². The van der Waals surface area contributed by atoms with Gasteiger partial charge in [0.05, 0.1) is 19.3 Å². The molecule has 0 heterocycles. The minimum Gasteiger partial charge on any atom is -1.00 e. The molecule has 1 unspecified atom stereocenters. The Morgan fingerprint density at radius 1 is 0.737 bits per heavy atom. The van der Waals surface area contributed by atoms with Gasteiger partial charge in [-0.25, -0.2) is 0 Å². The molecule has 0 aliphatic heterocycles. The number of aliphatic hydroxyl groups excluding tert-OH is 2. The van der Waals surface area contributed by atoms with Crippen LogP contribution in [0.3, 0.4) is 0 Å². The summed E-state index contributed by atoms with van der Waals surface area (Å²) in [5, 5.41) is 25.4. The van der Waals surface area contributed by atoms with E-state index in [1.165, 1.54) is 82.8 Å². The van der Waals surface area contributed by atoms with Crippen LogP contribution >= 0.6 is 0 Å². The molecule has 9 heteroatoms. The first kappa shape index (κ1) is 42.0. The smallest absolute Gasteiger partial charge is 0.240 e. The maximum atomic E-state index is 9.92. The number of aliphatic hydroxyl groups is 2. The Labute approximate surface area is 247 Å². The summed E-state index contributed by atoms with van der Waals surface area (Å²) in [4.78, 5) is 5.51. The molecule has 0 bridgehead atoms. The van der Waals surface area contributed by atoms with Gasteiger partial charge in [0.25, 0.3) is 0 Å². The quantitative estimate of drug-likeness (QED) is 0.0314.